The highest BCUT2D eigenvalue weighted by molar-refractivity contribution is 8.14. The van der Waals surface area contributed by atoms with E-state index in [4.69, 9.17) is 5.73 Å². The van der Waals surface area contributed by atoms with E-state index >= 15 is 0 Å². The molecule has 1 aliphatic rings. The molecule has 0 aliphatic carbocycles. The van der Waals surface area contributed by atoms with Gasteiger partial charge in [0.1, 0.15) is 5.54 Å². The lowest BCUT2D eigenvalue weighted by Gasteiger charge is -2.32. The number of hydrogen-bond acceptors (Lipinski definition) is 6. The van der Waals surface area contributed by atoms with Crippen LogP contribution >= 0.6 is 11.8 Å². The predicted molar refractivity (Wildman–Crippen MR) is 107 cm³/mol. The summed E-state index contributed by atoms with van der Waals surface area (Å²) in [5.41, 5.74) is 5.60. The van der Waals surface area contributed by atoms with Crippen LogP contribution in [-0.2, 0) is 5.54 Å². The first kappa shape index (κ1) is 20.8. The van der Waals surface area contributed by atoms with Crippen molar-refractivity contribution in [3.63, 3.8) is 0 Å². The van der Waals surface area contributed by atoms with Crippen LogP contribution in [0.25, 0.3) is 6.08 Å². The topological polar surface area (TPSA) is 93.3 Å². The smallest absolute Gasteiger partial charge is 0.277 e. The van der Waals surface area contributed by atoms with Crippen molar-refractivity contribution < 1.29 is 18.0 Å². The van der Waals surface area contributed by atoms with Crippen LogP contribution in [0, 0.1) is 5.82 Å². The molecule has 152 valence electrons. The molecule has 29 heavy (non-hydrogen) atoms. The van der Waals surface area contributed by atoms with Crippen LogP contribution in [0.1, 0.15) is 42.0 Å². The number of anilines is 1. The van der Waals surface area contributed by atoms with Crippen molar-refractivity contribution in [1.29, 1.82) is 0 Å². The van der Waals surface area contributed by atoms with Gasteiger partial charge in [0.25, 0.3) is 12.0 Å². The van der Waals surface area contributed by atoms with Gasteiger partial charge in [-0.1, -0.05) is 18.7 Å². The molecule has 3 heterocycles. The van der Waals surface area contributed by atoms with Crippen molar-refractivity contribution in [2.45, 2.75) is 31.1 Å². The average Bonchev–Trinajstić information content (AvgIpc) is 2.60. The Balaban J connectivity index is 1.83. The Morgan fingerprint density at radius 1 is 1.38 bits per heavy atom. The second-order valence-electron chi connectivity index (χ2n) is 6.77. The van der Waals surface area contributed by atoms with Crippen LogP contribution < -0.4 is 11.1 Å². The van der Waals surface area contributed by atoms with Gasteiger partial charge in [-0.2, -0.15) is 8.78 Å². The number of aromatic nitrogens is 2. The van der Waals surface area contributed by atoms with E-state index in [0.717, 1.165) is 12.3 Å². The number of rotatable bonds is 4. The van der Waals surface area contributed by atoms with Gasteiger partial charge in [0.2, 0.25) is 0 Å². The van der Waals surface area contributed by atoms with Gasteiger partial charge in [0.05, 0.1) is 5.69 Å². The third-order valence-corrected chi connectivity index (χ3v) is 5.19. The minimum Gasteiger partial charge on any atom is -0.379 e. The molecule has 0 unspecified atom stereocenters. The number of nitrogens with one attached hydrogen (secondary N) is 1. The van der Waals surface area contributed by atoms with Gasteiger partial charge in [0, 0.05) is 35.0 Å². The van der Waals surface area contributed by atoms with E-state index in [9.17, 15) is 18.0 Å². The zero-order chi connectivity index (χ0) is 21.2. The van der Waals surface area contributed by atoms with E-state index in [2.05, 4.69) is 20.3 Å². The summed E-state index contributed by atoms with van der Waals surface area (Å²) in [4.78, 5) is 24.9. The lowest BCUT2D eigenvalue weighted by atomic mass is 9.91. The third-order valence-electron chi connectivity index (χ3n) is 4.29. The number of halogens is 3. The first-order valence-corrected chi connectivity index (χ1v) is 9.52. The van der Waals surface area contributed by atoms with Crippen LogP contribution in [0.5, 0.6) is 0 Å². The number of carbonyl (C=O) groups is 1. The van der Waals surface area contributed by atoms with Crippen molar-refractivity contribution in [2.75, 3.05) is 5.32 Å². The molecule has 0 aromatic carbocycles. The fourth-order valence-electron chi connectivity index (χ4n) is 3.10. The summed E-state index contributed by atoms with van der Waals surface area (Å²) in [6.45, 7) is 3.94. The highest BCUT2D eigenvalue weighted by atomic mass is 32.2. The number of nitrogens with two attached hydrogens (primary N) is 1. The van der Waals surface area contributed by atoms with Crippen LogP contribution in [0.15, 0.2) is 41.7 Å². The first-order valence-electron chi connectivity index (χ1n) is 8.64. The second-order valence-corrected chi connectivity index (χ2v) is 8.23. The largest absolute Gasteiger partial charge is 0.379 e. The van der Waals surface area contributed by atoms with Crippen LogP contribution in [0.3, 0.4) is 0 Å². The number of thioether (sulfide) groups is 1. The molecule has 0 fully saturated rings. The summed E-state index contributed by atoms with van der Waals surface area (Å²) >= 11 is 1.49. The van der Waals surface area contributed by atoms with Crippen molar-refractivity contribution in [1.82, 2.24) is 9.97 Å². The van der Waals surface area contributed by atoms with Gasteiger partial charge >= 0.3 is 0 Å². The van der Waals surface area contributed by atoms with Gasteiger partial charge in [-0.05, 0) is 31.5 Å². The lowest BCUT2D eigenvalue weighted by Crippen LogP contribution is -2.33. The number of amides is 1. The molecule has 0 saturated heterocycles. The third kappa shape index (κ3) is 4.94. The molecule has 1 aliphatic heterocycles. The molecule has 2 aromatic heterocycles. The van der Waals surface area contributed by atoms with Crippen LogP contribution in [-0.4, -0.2) is 26.3 Å². The molecule has 2 aromatic rings. The van der Waals surface area contributed by atoms with Gasteiger partial charge < -0.3 is 11.1 Å². The standard InChI is InChI=1S/C19H18F3N5OS/c1-10-8-19(2,27-18(23)29-10)14-7-12(3-4-24-14)26-17(28)16-13(20)5-11(9-25-16)6-15(21)22/h3-7,9-10H,8H2,1-2H3,(H2,23,27)(H,24,26,28)/t10-,19+/m1/s1. The molecule has 3 rings (SSSR count). The van der Waals surface area contributed by atoms with Crippen LogP contribution in [0.2, 0.25) is 0 Å². The Bertz CT molecular complexity index is 1010. The molecule has 2 atom stereocenters. The normalized spacial score (nSPS) is 21.3. The van der Waals surface area contributed by atoms with E-state index in [0.29, 0.717) is 29.0 Å². The summed E-state index contributed by atoms with van der Waals surface area (Å²) in [6, 6.07) is 4.01. The summed E-state index contributed by atoms with van der Waals surface area (Å²) in [5.74, 6) is -1.81. The van der Waals surface area contributed by atoms with Crippen molar-refractivity contribution in [3.05, 3.63) is 59.4 Å². The summed E-state index contributed by atoms with van der Waals surface area (Å²) in [7, 11) is 0. The number of nitrogens with zero attached hydrogens (tertiary/aromatic N) is 3. The molecule has 0 spiro atoms. The fraction of sp³-hybridized carbons (Fsp3) is 0.263. The molecule has 10 heteroatoms. The minimum absolute atomic E-state index is 0.141. The molecule has 1 amide bonds. The van der Waals surface area contributed by atoms with Gasteiger partial charge in [-0.3, -0.25) is 9.78 Å². The number of carbonyl (C=O) groups excluding carboxylic acids is 1. The van der Waals surface area contributed by atoms with Crippen molar-refractivity contribution in [3.8, 4) is 0 Å². The fourth-order valence-corrected chi connectivity index (χ4v) is 4.18. The lowest BCUT2D eigenvalue weighted by molar-refractivity contribution is 0.101. The highest BCUT2D eigenvalue weighted by Gasteiger charge is 2.34. The number of aliphatic imine (C=N–C) groups is 1. The molecule has 6 nitrogen and oxygen atoms in total. The minimum atomic E-state index is -1.99. The molecule has 0 saturated carbocycles. The zero-order valence-corrected chi connectivity index (χ0v) is 16.4. The van der Waals surface area contributed by atoms with Crippen LogP contribution in [0.4, 0.5) is 18.9 Å². The Morgan fingerprint density at radius 3 is 2.79 bits per heavy atom. The molecule has 0 bridgehead atoms. The second kappa shape index (κ2) is 8.24. The molecular formula is C19H18F3N5OS. The monoisotopic (exact) mass is 421 g/mol. The van der Waals surface area contributed by atoms with Crippen molar-refractivity contribution in [2.24, 2.45) is 10.7 Å². The van der Waals surface area contributed by atoms with E-state index in [1.54, 1.807) is 12.1 Å². The summed E-state index contributed by atoms with van der Waals surface area (Å²) in [6.07, 6.45) is 1.69. The zero-order valence-electron chi connectivity index (χ0n) is 15.6. The maximum atomic E-state index is 14.1. The Hall–Kier alpha value is -2.88. The molecule has 0 radical (unpaired) electrons. The Kier molecular flexibility index (Phi) is 5.92. The maximum absolute atomic E-state index is 14.1. The molecular weight excluding hydrogens is 403 g/mol. The van der Waals surface area contributed by atoms with Crippen molar-refractivity contribution >= 4 is 34.6 Å². The Labute approximate surface area is 169 Å². The average molecular weight is 421 g/mol. The van der Waals surface area contributed by atoms with E-state index in [1.807, 2.05) is 13.8 Å². The van der Waals surface area contributed by atoms with E-state index in [-0.39, 0.29) is 10.8 Å². The SMILES string of the molecule is C[C@@H]1C[C@@](C)(c2cc(NC(=O)c3ncc(C=C(F)F)cc3F)ccn2)N=C(N)S1. The summed E-state index contributed by atoms with van der Waals surface area (Å²) < 4.78 is 38.7. The Morgan fingerprint density at radius 2 is 2.14 bits per heavy atom. The predicted octanol–water partition coefficient (Wildman–Crippen LogP) is 4.16. The van der Waals surface area contributed by atoms with E-state index in [1.165, 1.54) is 18.0 Å². The summed E-state index contributed by atoms with van der Waals surface area (Å²) in [5, 5.41) is 3.26. The highest BCUT2D eigenvalue weighted by Crippen LogP contribution is 2.38. The van der Waals surface area contributed by atoms with Gasteiger partial charge in [-0.25, -0.2) is 14.4 Å². The number of pyridine rings is 2. The molecule has 3 N–H and O–H groups in total. The first-order chi connectivity index (χ1) is 13.7. The maximum Gasteiger partial charge on any atom is 0.277 e. The number of hydrogen-bond donors (Lipinski definition) is 2. The van der Waals surface area contributed by atoms with Gasteiger partial charge in [0.15, 0.2) is 16.7 Å². The quantitative estimate of drug-likeness (QED) is 0.773. The van der Waals surface area contributed by atoms with Gasteiger partial charge in [-0.15, -0.1) is 0 Å². The number of amidine groups is 1. The van der Waals surface area contributed by atoms with E-state index < -0.39 is 29.0 Å².